The molecule has 0 unspecified atom stereocenters. The largest absolute Gasteiger partial charge is 0.465 e. The van der Waals surface area contributed by atoms with E-state index >= 15 is 0 Å². The second-order valence-electron chi connectivity index (χ2n) is 9.08. The van der Waals surface area contributed by atoms with Gasteiger partial charge in [-0.25, -0.2) is 14.4 Å². The third-order valence-corrected chi connectivity index (χ3v) is 6.09. The summed E-state index contributed by atoms with van der Waals surface area (Å²) in [6.07, 6.45) is 0.985. The molecule has 2 aromatic rings. The number of hydrogen-bond donors (Lipinski definition) is 3. The Morgan fingerprint density at radius 3 is 2.29 bits per heavy atom. The number of anilines is 1. The van der Waals surface area contributed by atoms with Gasteiger partial charge < -0.3 is 20.2 Å². The molecule has 1 aromatic heterocycles. The number of amides is 4. The normalized spacial score (nSPS) is 15.5. The first-order chi connectivity index (χ1) is 16.5. The fraction of sp³-hybridized carbons (Fsp3) is 0.391. The molecule has 1 aromatic carbocycles. The first-order valence-electron chi connectivity index (χ1n) is 11.1. The number of carbonyl (C=O) groups excluding carboxylic acids is 3. The van der Waals surface area contributed by atoms with Gasteiger partial charge in [-0.05, 0) is 43.2 Å². The average molecular weight is 482 g/mol. The number of hydrogen-bond acceptors (Lipinski definition) is 6. The average Bonchev–Trinajstić information content (AvgIpc) is 3.17. The van der Waals surface area contributed by atoms with Gasteiger partial charge in [0.25, 0.3) is 0 Å². The number of ketones is 1. The van der Waals surface area contributed by atoms with E-state index in [2.05, 4.69) is 15.6 Å². The van der Waals surface area contributed by atoms with E-state index in [9.17, 15) is 24.0 Å². The molecule has 4 rings (SSSR count). The quantitative estimate of drug-likeness (QED) is 0.577. The number of rotatable bonds is 4. The van der Waals surface area contributed by atoms with Crippen molar-refractivity contribution in [3.8, 4) is 5.69 Å². The number of nitrogens with zero attached hydrogens (tertiary/aromatic N) is 4. The SMILES string of the molecule is CC(C)(NC(=O)O)C(=O)N1CCN(C(=O)Nc2ccn(-c3ccc4c(c3)CC(=O)C4)c(=O)n2)CC1. The zero-order chi connectivity index (χ0) is 25.3. The Balaban J connectivity index is 1.36. The van der Waals surface area contributed by atoms with Crippen molar-refractivity contribution in [2.45, 2.75) is 32.2 Å². The van der Waals surface area contributed by atoms with Crippen LogP contribution in [0, 0.1) is 0 Å². The molecule has 0 saturated carbocycles. The molecule has 0 spiro atoms. The molecule has 3 N–H and O–H groups in total. The number of carbonyl (C=O) groups is 4. The molecular formula is C23H26N6O6. The predicted octanol–water partition coefficient (Wildman–Crippen LogP) is 0.623. The van der Waals surface area contributed by atoms with Crippen molar-refractivity contribution in [2.24, 2.45) is 0 Å². The molecule has 0 radical (unpaired) electrons. The highest BCUT2D eigenvalue weighted by Gasteiger charge is 2.35. The van der Waals surface area contributed by atoms with Crippen LogP contribution in [0.5, 0.6) is 0 Å². The van der Waals surface area contributed by atoms with E-state index in [1.54, 1.807) is 12.1 Å². The Kier molecular flexibility index (Phi) is 6.29. The number of piperazine rings is 1. The molecule has 12 nitrogen and oxygen atoms in total. The summed E-state index contributed by atoms with van der Waals surface area (Å²) in [5.74, 6) is -0.134. The molecule has 4 amide bonds. The van der Waals surface area contributed by atoms with Gasteiger partial charge in [-0.15, -0.1) is 0 Å². The molecule has 1 aliphatic carbocycles. The summed E-state index contributed by atoms with van der Waals surface area (Å²) in [4.78, 5) is 67.4. The topological polar surface area (TPSA) is 154 Å². The summed E-state index contributed by atoms with van der Waals surface area (Å²) in [6, 6.07) is 6.45. The van der Waals surface area contributed by atoms with Crippen molar-refractivity contribution in [3.63, 3.8) is 0 Å². The molecule has 35 heavy (non-hydrogen) atoms. The monoisotopic (exact) mass is 482 g/mol. The zero-order valence-electron chi connectivity index (χ0n) is 19.4. The predicted molar refractivity (Wildman–Crippen MR) is 125 cm³/mol. The minimum absolute atomic E-state index is 0.0953. The third kappa shape index (κ3) is 5.15. The van der Waals surface area contributed by atoms with Gasteiger partial charge in [0.05, 0.1) is 5.69 Å². The van der Waals surface area contributed by atoms with E-state index < -0.39 is 23.4 Å². The number of urea groups is 1. The molecule has 12 heteroatoms. The summed E-state index contributed by atoms with van der Waals surface area (Å²) in [6.45, 7) is 3.94. The lowest BCUT2D eigenvalue weighted by molar-refractivity contribution is -0.138. The summed E-state index contributed by atoms with van der Waals surface area (Å²) < 4.78 is 1.34. The van der Waals surface area contributed by atoms with Crippen molar-refractivity contribution in [3.05, 3.63) is 52.1 Å². The lowest BCUT2D eigenvalue weighted by Crippen LogP contribution is -2.60. The van der Waals surface area contributed by atoms with E-state index in [1.165, 1.54) is 40.5 Å². The standard InChI is InChI=1S/C23H26N6O6/c1-23(2,26-22(34)35)19(31)27-7-9-28(10-8-27)20(32)24-18-5-6-29(21(33)25-18)16-4-3-14-12-17(30)13-15(14)11-16/h3-6,11,26H,7-10,12-13H2,1-2H3,(H,34,35)(H,24,25,32,33). The molecular weight excluding hydrogens is 456 g/mol. The molecule has 2 aliphatic rings. The first kappa shape index (κ1) is 23.9. The van der Waals surface area contributed by atoms with E-state index in [0.29, 0.717) is 18.5 Å². The molecule has 184 valence electrons. The maximum Gasteiger partial charge on any atom is 0.405 e. The molecule has 0 atom stereocenters. The van der Waals surface area contributed by atoms with Crippen LogP contribution in [0.3, 0.4) is 0 Å². The van der Waals surface area contributed by atoms with Gasteiger partial charge in [0.1, 0.15) is 17.1 Å². The fourth-order valence-electron chi connectivity index (χ4n) is 4.27. The fourth-order valence-corrected chi connectivity index (χ4v) is 4.27. The van der Waals surface area contributed by atoms with Gasteiger partial charge in [0, 0.05) is 45.2 Å². The number of carboxylic acid groups (broad SMARTS) is 1. The summed E-state index contributed by atoms with van der Waals surface area (Å²) >= 11 is 0. The summed E-state index contributed by atoms with van der Waals surface area (Å²) in [5, 5.41) is 13.7. The van der Waals surface area contributed by atoms with Crippen LogP contribution in [0.25, 0.3) is 5.69 Å². The minimum atomic E-state index is -1.29. The number of aromatic nitrogens is 2. The van der Waals surface area contributed by atoms with Crippen LogP contribution in [-0.2, 0) is 22.4 Å². The number of benzene rings is 1. The first-order valence-corrected chi connectivity index (χ1v) is 11.1. The Hall–Kier alpha value is -4.22. The number of nitrogens with one attached hydrogen (secondary N) is 2. The highest BCUT2D eigenvalue weighted by atomic mass is 16.4. The Labute approximate surface area is 200 Å². The van der Waals surface area contributed by atoms with Crippen molar-refractivity contribution in [2.75, 3.05) is 31.5 Å². The van der Waals surface area contributed by atoms with Gasteiger partial charge >= 0.3 is 17.8 Å². The van der Waals surface area contributed by atoms with Gasteiger partial charge in [0.15, 0.2) is 0 Å². The van der Waals surface area contributed by atoms with Crippen molar-refractivity contribution in [1.29, 1.82) is 0 Å². The molecule has 0 bridgehead atoms. The van der Waals surface area contributed by atoms with Crippen LogP contribution < -0.4 is 16.3 Å². The van der Waals surface area contributed by atoms with Crippen LogP contribution in [0.15, 0.2) is 35.3 Å². The van der Waals surface area contributed by atoms with Gasteiger partial charge in [-0.1, -0.05) is 6.07 Å². The van der Waals surface area contributed by atoms with Gasteiger partial charge in [0.2, 0.25) is 5.91 Å². The van der Waals surface area contributed by atoms with Crippen molar-refractivity contribution in [1.82, 2.24) is 24.7 Å². The summed E-state index contributed by atoms with van der Waals surface area (Å²) in [5.41, 5.74) is 0.604. The Morgan fingerprint density at radius 1 is 0.971 bits per heavy atom. The molecule has 1 aliphatic heterocycles. The highest BCUT2D eigenvalue weighted by molar-refractivity contribution is 5.90. The molecule has 1 fully saturated rings. The van der Waals surface area contributed by atoms with E-state index in [4.69, 9.17) is 5.11 Å². The van der Waals surface area contributed by atoms with Crippen LogP contribution in [0.4, 0.5) is 15.4 Å². The second kappa shape index (κ2) is 9.20. The van der Waals surface area contributed by atoms with Crippen molar-refractivity contribution >= 4 is 29.6 Å². The van der Waals surface area contributed by atoms with Gasteiger partial charge in [-0.2, -0.15) is 4.98 Å². The second-order valence-corrected chi connectivity index (χ2v) is 9.08. The maximum absolute atomic E-state index is 12.7. The van der Waals surface area contributed by atoms with Crippen LogP contribution in [0.2, 0.25) is 0 Å². The van der Waals surface area contributed by atoms with E-state index in [0.717, 1.165) is 11.1 Å². The lowest BCUT2D eigenvalue weighted by Gasteiger charge is -2.38. The molecule has 2 heterocycles. The maximum atomic E-state index is 12.7. The molecule has 1 saturated heterocycles. The Morgan fingerprint density at radius 2 is 1.63 bits per heavy atom. The van der Waals surface area contributed by atoms with Crippen LogP contribution in [0.1, 0.15) is 25.0 Å². The minimum Gasteiger partial charge on any atom is -0.465 e. The summed E-state index contributed by atoms with van der Waals surface area (Å²) in [7, 11) is 0. The smallest absolute Gasteiger partial charge is 0.405 e. The van der Waals surface area contributed by atoms with E-state index in [1.807, 2.05) is 6.07 Å². The number of Topliss-reactive ketones (excluding diaryl/α,β-unsaturated/α-hetero) is 1. The Bertz CT molecular complexity index is 1260. The van der Waals surface area contributed by atoms with Crippen LogP contribution >= 0.6 is 0 Å². The highest BCUT2D eigenvalue weighted by Crippen LogP contribution is 2.22. The van der Waals surface area contributed by atoms with Gasteiger partial charge in [-0.3, -0.25) is 19.5 Å². The van der Waals surface area contributed by atoms with Crippen LogP contribution in [-0.4, -0.2) is 80.0 Å². The lowest BCUT2D eigenvalue weighted by atomic mass is 10.0. The van der Waals surface area contributed by atoms with E-state index in [-0.39, 0.29) is 43.7 Å². The third-order valence-electron chi connectivity index (χ3n) is 6.09. The number of fused-ring (bicyclic) bond motifs is 1. The van der Waals surface area contributed by atoms with Crippen molar-refractivity contribution < 1.29 is 24.3 Å². The zero-order valence-corrected chi connectivity index (χ0v) is 19.4.